The van der Waals surface area contributed by atoms with Crippen LogP contribution in [0.15, 0.2) is 30.3 Å². The second-order valence-electron chi connectivity index (χ2n) is 4.91. The SMILES string of the molecule is O=C1CCN(C(=O)c2cc3ccccc3c(Cl)n2)CCN1. The number of amides is 2. The van der Waals surface area contributed by atoms with Crippen LogP contribution in [0, 0.1) is 0 Å². The van der Waals surface area contributed by atoms with Crippen LogP contribution in [0.4, 0.5) is 0 Å². The summed E-state index contributed by atoms with van der Waals surface area (Å²) in [6.07, 6.45) is 0.313. The second-order valence-corrected chi connectivity index (χ2v) is 5.27. The first-order valence-electron chi connectivity index (χ1n) is 6.76. The summed E-state index contributed by atoms with van der Waals surface area (Å²) in [4.78, 5) is 29.7. The lowest BCUT2D eigenvalue weighted by molar-refractivity contribution is -0.120. The minimum Gasteiger partial charge on any atom is -0.354 e. The highest BCUT2D eigenvalue weighted by atomic mass is 35.5. The molecule has 1 saturated heterocycles. The van der Waals surface area contributed by atoms with Gasteiger partial charge in [0.25, 0.3) is 5.91 Å². The number of halogens is 1. The summed E-state index contributed by atoms with van der Waals surface area (Å²) in [6, 6.07) is 9.27. The number of nitrogens with zero attached hydrogens (tertiary/aromatic N) is 2. The van der Waals surface area contributed by atoms with E-state index in [4.69, 9.17) is 11.6 Å². The number of fused-ring (bicyclic) bond motifs is 1. The lowest BCUT2D eigenvalue weighted by Crippen LogP contribution is -2.34. The van der Waals surface area contributed by atoms with Gasteiger partial charge in [-0.2, -0.15) is 0 Å². The van der Waals surface area contributed by atoms with E-state index in [9.17, 15) is 9.59 Å². The van der Waals surface area contributed by atoms with Crippen LogP contribution in [0.3, 0.4) is 0 Å². The first-order valence-corrected chi connectivity index (χ1v) is 7.14. The molecule has 0 atom stereocenters. The van der Waals surface area contributed by atoms with Gasteiger partial charge >= 0.3 is 0 Å². The third-order valence-corrected chi connectivity index (χ3v) is 3.80. The molecule has 2 amide bonds. The van der Waals surface area contributed by atoms with E-state index in [0.717, 1.165) is 10.8 Å². The molecule has 108 valence electrons. The van der Waals surface area contributed by atoms with E-state index in [1.807, 2.05) is 24.3 Å². The lowest BCUT2D eigenvalue weighted by Gasteiger charge is -2.19. The standard InChI is InChI=1S/C15H14ClN3O2/c16-14-11-4-2-1-3-10(11)9-12(18-14)15(21)19-7-5-13(20)17-6-8-19/h1-4,9H,5-8H2,(H,17,20). The van der Waals surface area contributed by atoms with Gasteiger partial charge in [0.15, 0.2) is 0 Å². The van der Waals surface area contributed by atoms with Crippen molar-refractivity contribution >= 4 is 34.2 Å². The van der Waals surface area contributed by atoms with Gasteiger partial charge in [0.2, 0.25) is 5.91 Å². The van der Waals surface area contributed by atoms with Crippen molar-refractivity contribution in [3.8, 4) is 0 Å². The normalized spacial score (nSPS) is 15.7. The zero-order chi connectivity index (χ0) is 14.8. The molecule has 6 heteroatoms. The topological polar surface area (TPSA) is 62.3 Å². The Morgan fingerprint density at radius 1 is 1.29 bits per heavy atom. The van der Waals surface area contributed by atoms with Crippen molar-refractivity contribution in [3.05, 3.63) is 41.2 Å². The Hall–Kier alpha value is -2.14. The summed E-state index contributed by atoms with van der Waals surface area (Å²) in [6.45, 7) is 1.35. The predicted molar refractivity (Wildman–Crippen MR) is 80.3 cm³/mol. The van der Waals surface area contributed by atoms with Crippen molar-refractivity contribution in [1.29, 1.82) is 0 Å². The number of rotatable bonds is 1. The monoisotopic (exact) mass is 303 g/mol. The van der Waals surface area contributed by atoms with E-state index >= 15 is 0 Å². The molecule has 2 aromatic rings. The number of aromatic nitrogens is 1. The maximum atomic E-state index is 12.5. The number of hydrogen-bond acceptors (Lipinski definition) is 3. The van der Waals surface area contributed by atoms with Crippen LogP contribution in [0.5, 0.6) is 0 Å². The number of hydrogen-bond donors (Lipinski definition) is 1. The fourth-order valence-corrected chi connectivity index (χ4v) is 2.66. The first kappa shape index (κ1) is 13.8. The van der Waals surface area contributed by atoms with E-state index < -0.39 is 0 Å². The smallest absolute Gasteiger partial charge is 0.272 e. The molecule has 1 aliphatic rings. The fourth-order valence-electron chi connectivity index (χ4n) is 2.40. The molecule has 0 aliphatic carbocycles. The summed E-state index contributed by atoms with van der Waals surface area (Å²) in [5.74, 6) is -0.228. The molecule has 0 radical (unpaired) electrons. The molecule has 0 saturated carbocycles. The van der Waals surface area contributed by atoms with E-state index in [0.29, 0.717) is 36.9 Å². The third-order valence-electron chi connectivity index (χ3n) is 3.51. The Bertz CT molecular complexity index is 717. The quantitative estimate of drug-likeness (QED) is 0.818. The van der Waals surface area contributed by atoms with Gasteiger partial charge in [-0.15, -0.1) is 0 Å². The molecule has 1 aliphatic heterocycles. The van der Waals surface area contributed by atoms with Crippen molar-refractivity contribution in [2.75, 3.05) is 19.6 Å². The minimum atomic E-state index is -0.195. The van der Waals surface area contributed by atoms with Crippen molar-refractivity contribution in [3.63, 3.8) is 0 Å². The van der Waals surface area contributed by atoms with Crippen LogP contribution >= 0.6 is 11.6 Å². The largest absolute Gasteiger partial charge is 0.354 e. The number of nitrogens with one attached hydrogen (secondary N) is 1. The van der Waals surface area contributed by atoms with Gasteiger partial charge in [-0.05, 0) is 11.5 Å². The van der Waals surface area contributed by atoms with Gasteiger partial charge in [-0.1, -0.05) is 35.9 Å². The summed E-state index contributed by atoms with van der Waals surface area (Å²) >= 11 is 6.15. The second kappa shape index (κ2) is 5.69. The van der Waals surface area contributed by atoms with E-state index in [2.05, 4.69) is 10.3 Å². The van der Waals surface area contributed by atoms with Gasteiger partial charge in [0, 0.05) is 31.4 Å². The van der Waals surface area contributed by atoms with Gasteiger partial charge in [-0.25, -0.2) is 4.98 Å². The Morgan fingerprint density at radius 2 is 2.10 bits per heavy atom. The van der Waals surface area contributed by atoms with Crippen LogP contribution in [-0.2, 0) is 4.79 Å². The summed E-state index contributed by atoms with van der Waals surface area (Å²) in [5.41, 5.74) is 0.313. The average Bonchev–Trinajstić information content (AvgIpc) is 2.71. The number of carbonyl (C=O) groups is 2. The van der Waals surface area contributed by atoms with Crippen molar-refractivity contribution in [2.24, 2.45) is 0 Å². The highest BCUT2D eigenvalue weighted by Crippen LogP contribution is 2.23. The van der Waals surface area contributed by atoms with E-state index in [1.54, 1.807) is 11.0 Å². The molecule has 1 aromatic carbocycles. The highest BCUT2D eigenvalue weighted by Gasteiger charge is 2.21. The summed E-state index contributed by atoms with van der Waals surface area (Å²) in [5, 5.41) is 4.76. The molecule has 21 heavy (non-hydrogen) atoms. The molecular weight excluding hydrogens is 290 g/mol. The molecular formula is C15H14ClN3O2. The Labute approximate surface area is 126 Å². The van der Waals surface area contributed by atoms with E-state index in [-0.39, 0.29) is 11.8 Å². The van der Waals surface area contributed by atoms with E-state index in [1.165, 1.54) is 0 Å². The predicted octanol–water partition coefficient (Wildman–Crippen LogP) is 1.85. The molecule has 0 spiro atoms. The van der Waals surface area contributed by atoms with Crippen molar-refractivity contribution in [1.82, 2.24) is 15.2 Å². The minimum absolute atomic E-state index is 0.0326. The zero-order valence-electron chi connectivity index (χ0n) is 11.3. The van der Waals surface area contributed by atoms with Gasteiger partial charge in [0.1, 0.15) is 10.8 Å². The molecule has 5 nitrogen and oxygen atoms in total. The number of pyridine rings is 1. The van der Waals surface area contributed by atoms with Crippen molar-refractivity contribution < 1.29 is 9.59 Å². The van der Waals surface area contributed by atoms with Crippen LogP contribution in [0.25, 0.3) is 10.8 Å². The Morgan fingerprint density at radius 3 is 2.95 bits per heavy atom. The van der Waals surface area contributed by atoms with Crippen molar-refractivity contribution in [2.45, 2.75) is 6.42 Å². The van der Waals surface area contributed by atoms with Gasteiger partial charge in [0.05, 0.1) is 0 Å². The fraction of sp³-hybridized carbons (Fsp3) is 0.267. The highest BCUT2D eigenvalue weighted by molar-refractivity contribution is 6.34. The zero-order valence-corrected chi connectivity index (χ0v) is 12.1. The average molecular weight is 304 g/mol. The Balaban J connectivity index is 1.92. The molecule has 1 fully saturated rings. The maximum Gasteiger partial charge on any atom is 0.272 e. The van der Waals surface area contributed by atoms with Gasteiger partial charge in [-0.3, -0.25) is 9.59 Å². The first-order chi connectivity index (χ1) is 10.1. The molecule has 2 heterocycles. The summed E-state index contributed by atoms with van der Waals surface area (Å²) in [7, 11) is 0. The van der Waals surface area contributed by atoms with Crippen LogP contribution in [0.1, 0.15) is 16.9 Å². The summed E-state index contributed by atoms with van der Waals surface area (Å²) < 4.78 is 0. The Kier molecular flexibility index (Phi) is 3.75. The van der Waals surface area contributed by atoms with Gasteiger partial charge < -0.3 is 10.2 Å². The van der Waals surface area contributed by atoms with Crippen LogP contribution < -0.4 is 5.32 Å². The van der Waals surface area contributed by atoms with Crippen LogP contribution in [-0.4, -0.2) is 41.3 Å². The maximum absolute atomic E-state index is 12.5. The molecule has 0 unspecified atom stereocenters. The number of carbonyl (C=O) groups excluding carboxylic acids is 2. The molecule has 0 bridgehead atoms. The molecule has 1 aromatic heterocycles. The molecule has 3 rings (SSSR count). The third kappa shape index (κ3) is 2.83. The van der Waals surface area contributed by atoms with Crippen LogP contribution in [0.2, 0.25) is 5.15 Å². The molecule has 1 N–H and O–H groups in total. The lowest BCUT2D eigenvalue weighted by atomic mass is 10.1. The number of benzene rings is 1.